The molecule has 0 saturated carbocycles. The minimum atomic E-state index is -0.222. The van der Waals surface area contributed by atoms with Gasteiger partial charge in [-0.1, -0.05) is 39.0 Å². The van der Waals surface area contributed by atoms with Crippen LogP contribution in [0.3, 0.4) is 0 Å². The predicted molar refractivity (Wildman–Crippen MR) is 89.9 cm³/mol. The van der Waals surface area contributed by atoms with Gasteiger partial charge in [0.05, 0.1) is 19.9 Å². The van der Waals surface area contributed by atoms with Crippen LogP contribution in [0.25, 0.3) is 0 Å². The molecular formula is C17H28N2O3. The van der Waals surface area contributed by atoms with Gasteiger partial charge in [-0.25, -0.2) is 4.79 Å². The van der Waals surface area contributed by atoms with Crippen molar-refractivity contribution < 1.29 is 14.3 Å². The molecule has 0 fully saturated rings. The molecule has 0 saturated heterocycles. The lowest BCUT2D eigenvalue weighted by molar-refractivity contribution is 0.251. The molecule has 1 aromatic rings. The number of amides is 2. The maximum Gasteiger partial charge on any atom is 0.319 e. The molecule has 22 heavy (non-hydrogen) atoms. The second-order valence-electron chi connectivity index (χ2n) is 5.21. The highest BCUT2D eigenvalue weighted by Gasteiger charge is 2.08. The SMILES string of the molecule is CCCCCCCCNC(=O)Nc1cc(OC)ccc1OC. The minimum absolute atomic E-state index is 0.222. The first-order chi connectivity index (χ1) is 10.7. The van der Waals surface area contributed by atoms with Crippen LogP contribution in [0.15, 0.2) is 18.2 Å². The summed E-state index contributed by atoms with van der Waals surface area (Å²) in [5.41, 5.74) is 0.599. The number of urea groups is 1. The van der Waals surface area contributed by atoms with Gasteiger partial charge in [-0.05, 0) is 18.6 Å². The van der Waals surface area contributed by atoms with Gasteiger partial charge in [-0.15, -0.1) is 0 Å². The molecule has 0 unspecified atom stereocenters. The molecular weight excluding hydrogens is 280 g/mol. The molecule has 1 aromatic carbocycles. The van der Waals surface area contributed by atoms with E-state index in [1.54, 1.807) is 32.4 Å². The van der Waals surface area contributed by atoms with Crippen molar-refractivity contribution in [3.8, 4) is 11.5 Å². The molecule has 2 amide bonds. The Morgan fingerprint density at radius 2 is 1.77 bits per heavy atom. The van der Waals surface area contributed by atoms with Gasteiger partial charge in [0.15, 0.2) is 0 Å². The predicted octanol–water partition coefficient (Wildman–Crippen LogP) is 4.19. The maximum atomic E-state index is 11.9. The fourth-order valence-corrected chi connectivity index (χ4v) is 2.19. The first-order valence-electron chi connectivity index (χ1n) is 7.98. The third-order valence-electron chi connectivity index (χ3n) is 3.47. The van der Waals surface area contributed by atoms with Crippen molar-refractivity contribution in [2.75, 3.05) is 26.1 Å². The van der Waals surface area contributed by atoms with Crippen molar-refractivity contribution in [1.29, 1.82) is 0 Å². The monoisotopic (exact) mass is 308 g/mol. The van der Waals surface area contributed by atoms with Gasteiger partial charge in [-0.3, -0.25) is 0 Å². The Morgan fingerprint density at radius 3 is 2.45 bits per heavy atom. The first-order valence-corrected chi connectivity index (χ1v) is 7.98. The summed E-state index contributed by atoms with van der Waals surface area (Å²) in [5.74, 6) is 1.28. The minimum Gasteiger partial charge on any atom is -0.497 e. The zero-order valence-electron chi connectivity index (χ0n) is 13.9. The van der Waals surface area contributed by atoms with Gasteiger partial charge >= 0.3 is 6.03 Å². The smallest absolute Gasteiger partial charge is 0.319 e. The van der Waals surface area contributed by atoms with Crippen LogP contribution in [0, 0.1) is 0 Å². The summed E-state index contributed by atoms with van der Waals surface area (Å²) in [7, 11) is 3.16. The zero-order chi connectivity index (χ0) is 16.2. The van der Waals surface area contributed by atoms with Gasteiger partial charge in [0.2, 0.25) is 0 Å². The highest BCUT2D eigenvalue weighted by molar-refractivity contribution is 5.91. The quantitative estimate of drug-likeness (QED) is 0.637. The molecule has 5 heteroatoms. The molecule has 5 nitrogen and oxygen atoms in total. The van der Waals surface area contributed by atoms with Crippen molar-refractivity contribution in [3.63, 3.8) is 0 Å². The van der Waals surface area contributed by atoms with Crippen molar-refractivity contribution in [1.82, 2.24) is 5.32 Å². The van der Waals surface area contributed by atoms with E-state index in [0.29, 0.717) is 23.7 Å². The second kappa shape index (κ2) is 10.8. The molecule has 0 bridgehead atoms. The van der Waals surface area contributed by atoms with Gasteiger partial charge in [0.1, 0.15) is 11.5 Å². The Kier molecular flexibility index (Phi) is 8.88. The van der Waals surface area contributed by atoms with Crippen molar-refractivity contribution >= 4 is 11.7 Å². The number of unbranched alkanes of at least 4 members (excludes halogenated alkanes) is 5. The van der Waals surface area contributed by atoms with Crippen LogP contribution in [0.1, 0.15) is 45.4 Å². The molecule has 0 radical (unpaired) electrons. The molecule has 2 N–H and O–H groups in total. The second-order valence-corrected chi connectivity index (χ2v) is 5.21. The Labute approximate surface area is 133 Å². The van der Waals surface area contributed by atoms with Crippen LogP contribution in [-0.2, 0) is 0 Å². The number of ether oxygens (including phenoxy) is 2. The molecule has 0 aromatic heterocycles. The Hall–Kier alpha value is -1.91. The molecule has 1 rings (SSSR count). The fourth-order valence-electron chi connectivity index (χ4n) is 2.19. The summed E-state index contributed by atoms with van der Waals surface area (Å²) in [6.07, 6.45) is 7.23. The third kappa shape index (κ3) is 6.70. The number of carbonyl (C=O) groups is 1. The number of hydrogen-bond donors (Lipinski definition) is 2. The van der Waals surface area contributed by atoms with Crippen molar-refractivity contribution in [2.45, 2.75) is 45.4 Å². The molecule has 124 valence electrons. The Balaban J connectivity index is 2.32. The van der Waals surface area contributed by atoms with Crippen LogP contribution in [0.4, 0.5) is 10.5 Å². The van der Waals surface area contributed by atoms with E-state index in [4.69, 9.17) is 9.47 Å². The summed E-state index contributed by atoms with van der Waals surface area (Å²) in [4.78, 5) is 11.9. The van der Waals surface area contributed by atoms with E-state index in [2.05, 4.69) is 17.6 Å². The van der Waals surface area contributed by atoms with Gasteiger partial charge in [-0.2, -0.15) is 0 Å². The molecule has 0 aliphatic carbocycles. The first kappa shape index (κ1) is 18.1. The molecule has 0 aliphatic rings. The fraction of sp³-hybridized carbons (Fsp3) is 0.588. The number of methoxy groups -OCH3 is 2. The summed E-state index contributed by atoms with van der Waals surface area (Å²) >= 11 is 0. The average Bonchev–Trinajstić information content (AvgIpc) is 2.54. The highest BCUT2D eigenvalue weighted by Crippen LogP contribution is 2.28. The van der Waals surface area contributed by atoms with E-state index < -0.39 is 0 Å². The van der Waals surface area contributed by atoms with Crippen LogP contribution in [0.5, 0.6) is 11.5 Å². The van der Waals surface area contributed by atoms with Crippen LogP contribution in [0.2, 0.25) is 0 Å². The Bertz CT molecular complexity index is 450. The number of carbonyl (C=O) groups excluding carboxylic acids is 1. The van der Waals surface area contributed by atoms with E-state index in [1.807, 2.05) is 0 Å². The van der Waals surface area contributed by atoms with E-state index in [0.717, 1.165) is 12.8 Å². The normalized spacial score (nSPS) is 10.1. The number of benzene rings is 1. The summed E-state index contributed by atoms with van der Waals surface area (Å²) in [5, 5.41) is 5.66. The third-order valence-corrected chi connectivity index (χ3v) is 3.47. The van der Waals surface area contributed by atoms with E-state index >= 15 is 0 Å². The number of hydrogen-bond acceptors (Lipinski definition) is 3. The van der Waals surface area contributed by atoms with E-state index in [9.17, 15) is 4.79 Å². The highest BCUT2D eigenvalue weighted by atomic mass is 16.5. The molecule has 0 atom stereocenters. The maximum absolute atomic E-state index is 11.9. The standard InChI is InChI=1S/C17H28N2O3/c1-4-5-6-7-8-9-12-18-17(20)19-15-13-14(21-2)10-11-16(15)22-3/h10-11,13H,4-9,12H2,1-3H3,(H2,18,19,20). The zero-order valence-corrected chi connectivity index (χ0v) is 13.9. The lowest BCUT2D eigenvalue weighted by Gasteiger charge is -2.12. The molecule has 0 aliphatic heterocycles. The van der Waals surface area contributed by atoms with Gasteiger partial charge in [0, 0.05) is 12.6 Å². The van der Waals surface area contributed by atoms with Crippen LogP contribution < -0.4 is 20.1 Å². The summed E-state index contributed by atoms with van der Waals surface area (Å²) in [6, 6.07) is 5.07. The lowest BCUT2D eigenvalue weighted by atomic mass is 10.1. The number of nitrogens with one attached hydrogen (secondary N) is 2. The molecule has 0 heterocycles. The summed E-state index contributed by atoms with van der Waals surface area (Å²) in [6.45, 7) is 2.89. The largest absolute Gasteiger partial charge is 0.497 e. The van der Waals surface area contributed by atoms with Crippen LogP contribution in [-0.4, -0.2) is 26.8 Å². The van der Waals surface area contributed by atoms with Gasteiger partial charge < -0.3 is 20.1 Å². The number of anilines is 1. The topological polar surface area (TPSA) is 59.6 Å². The van der Waals surface area contributed by atoms with E-state index in [1.165, 1.54) is 25.7 Å². The summed E-state index contributed by atoms with van der Waals surface area (Å²) < 4.78 is 10.4. The van der Waals surface area contributed by atoms with Gasteiger partial charge in [0.25, 0.3) is 0 Å². The average molecular weight is 308 g/mol. The van der Waals surface area contributed by atoms with Crippen molar-refractivity contribution in [2.24, 2.45) is 0 Å². The van der Waals surface area contributed by atoms with E-state index in [-0.39, 0.29) is 6.03 Å². The van der Waals surface area contributed by atoms with Crippen LogP contribution >= 0.6 is 0 Å². The molecule has 0 spiro atoms. The lowest BCUT2D eigenvalue weighted by Crippen LogP contribution is -2.29. The number of rotatable bonds is 10. The van der Waals surface area contributed by atoms with Crippen molar-refractivity contribution in [3.05, 3.63) is 18.2 Å². The Morgan fingerprint density at radius 1 is 1.05 bits per heavy atom.